The van der Waals surface area contributed by atoms with Crippen molar-refractivity contribution in [1.29, 1.82) is 0 Å². The normalized spacial score (nSPS) is 60.0. The Hall–Kier alpha value is -0.0800. The van der Waals surface area contributed by atoms with Gasteiger partial charge in [-0.2, -0.15) is 0 Å². The van der Waals surface area contributed by atoms with Crippen LogP contribution in [0.4, 0.5) is 0 Å². The van der Waals surface area contributed by atoms with Gasteiger partial charge in [-0.1, -0.05) is 48.5 Å². The summed E-state index contributed by atoms with van der Waals surface area (Å²) in [5, 5.41) is 0. The zero-order valence-electron chi connectivity index (χ0n) is 22.2. The van der Waals surface area contributed by atoms with E-state index in [1.807, 2.05) is 0 Å². The number of hydrogen-bond acceptors (Lipinski definition) is 2. The molecule has 182 valence electrons. The smallest absolute Gasteiger partial charge is 0.0663 e. The summed E-state index contributed by atoms with van der Waals surface area (Å²) < 4.78 is 6.72. The van der Waals surface area contributed by atoms with E-state index >= 15 is 0 Å². The minimum Gasteiger partial charge on any atom is -0.377 e. The van der Waals surface area contributed by atoms with Crippen LogP contribution in [0.5, 0.6) is 0 Å². The summed E-state index contributed by atoms with van der Waals surface area (Å²) in [5.41, 5.74) is 9.29. The van der Waals surface area contributed by atoms with Gasteiger partial charge in [-0.3, -0.25) is 0 Å². The van der Waals surface area contributed by atoms with Gasteiger partial charge in [-0.25, -0.2) is 0 Å². The molecule has 10 atom stereocenters. The molecule has 6 aliphatic rings. The van der Waals surface area contributed by atoms with Gasteiger partial charge in [0.25, 0.3) is 0 Å². The molecule has 2 heteroatoms. The van der Waals surface area contributed by atoms with Gasteiger partial charge in [0.1, 0.15) is 0 Å². The van der Waals surface area contributed by atoms with E-state index in [0.717, 1.165) is 30.3 Å². The minimum absolute atomic E-state index is 0.281. The van der Waals surface area contributed by atoms with Gasteiger partial charge in [0.05, 0.1) is 12.7 Å². The zero-order valence-corrected chi connectivity index (χ0v) is 22.2. The Morgan fingerprint density at radius 2 is 1.41 bits per heavy atom. The van der Waals surface area contributed by atoms with Crippen LogP contribution in [0.15, 0.2) is 0 Å². The zero-order chi connectivity index (χ0) is 22.9. The van der Waals surface area contributed by atoms with Crippen molar-refractivity contribution in [2.75, 3.05) is 6.61 Å². The van der Waals surface area contributed by atoms with E-state index in [1.165, 1.54) is 64.2 Å². The Kier molecular flexibility index (Phi) is 4.46. The Morgan fingerprint density at radius 3 is 2.16 bits per heavy atom. The highest BCUT2D eigenvalue weighted by molar-refractivity contribution is 5.21. The van der Waals surface area contributed by atoms with Crippen LogP contribution in [0.2, 0.25) is 0 Å². The number of nitrogens with two attached hydrogens (primary N) is 1. The SMILES string of the molecule is CC1(C)CC[C@]23CC[C@]4(C)[C@H](CC[C@@H]5[C@@]6(C)CC[C@@H](N)C(C)(C)[C@@H]6CC[C@]54C)[C@H]2[C@H]1OC3. The summed E-state index contributed by atoms with van der Waals surface area (Å²) in [5.74, 6) is 3.33. The standard InChI is InChI=1S/C30H51NO/c1-25(2)14-16-30-17-15-28(6)19(23(30)24(25)32-18-30)8-9-21-27(5)12-11-22(31)26(3,4)20(27)10-13-29(21,28)7/h19-24H,8-18,31H2,1-7H3/t19-,20+,21-,22-,23+,24-,27+,28-,29-,30-/m1/s1. The van der Waals surface area contributed by atoms with E-state index in [4.69, 9.17) is 10.5 Å². The lowest BCUT2D eigenvalue weighted by atomic mass is 9.31. The van der Waals surface area contributed by atoms with Crippen molar-refractivity contribution in [2.24, 2.45) is 61.9 Å². The molecule has 5 aliphatic carbocycles. The molecule has 0 aromatic carbocycles. The maximum atomic E-state index is 6.73. The second kappa shape index (κ2) is 6.37. The average molecular weight is 442 g/mol. The first-order valence-corrected chi connectivity index (χ1v) is 14.2. The monoisotopic (exact) mass is 441 g/mol. The van der Waals surface area contributed by atoms with Gasteiger partial charge < -0.3 is 10.5 Å². The van der Waals surface area contributed by atoms with E-state index < -0.39 is 0 Å². The summed E-state index contributed by atoms with van der Waals surface area (Å²) in [6.45, 7) is 19.3. The summed E-state index contributed by atoms with van der Waals surface area (Å²) >= 11 is 0. The molecule has 6 fully saturated rings. The molecular formula is C30H51NO. The number of fused-ring (bicyclic) bond motifs is 5. The fourth-order valence-electron chi connectivity index (χ4n) is 12.0. The van der Waals surface area contributed by atoms with Gasteiger partial charge >= 0.3 is 0 Å². The average Bonchev–Trinajstić information content (AvgIpc) is 3.05. The molecule has 1 heterocycles. The highest BCUT2D eigenvalue weighted by Gasteiger charge is 2.72. The molecule has 0 aromatic rings. The quantitative estimate of drug-likeness (QED) is 0.431. The van der Waals surface area contributed by atoms with Gasteiger partial charge in [0.2, 0.25) is 0 Å². The molecule has 1 saturated heterocycles. The third kappa shape index (κ3) is 2.41. The molecular weight excluding hydrogens is 390 g/mol. The Balaban J connectivity index is 1.39. The molecule has 0 aromatic heterocycles. The molecule has 2 N–H and O–H groups in total. The van der Waals surface area contributed by atoms with Gasteiger partial charge in [0.15, 0.2) is 0 Å². The van der Waals surface area contributed by atoms with Crippen LogP contribution in [-0.4, -0.2) is 18.8 Å². The van der Waals surface area contributed by atoms with Crippen LogP contribution in [0.1, 0.15) is 113 Å². The summed E-state index contributed by atoms with van der Waals surface area (Å²) in [7, 11) is 0. The highest BCUT2D eigenvalue weighted by Crippen LogP contribution is 2.77. The van der Waals surface area contributed by atoms with E-state index in [0.29, 0.717) is 39.2 Å². The van der Waals surface area contributed by atoms with Gasteiger partial charge in [0, 0.05) is 6.04 Å². The Labute approximate surface area is 198 Å². The van der Waals surface area contributed by atoms with Crippen molar-refractivity contribution in [1.82, 2.24) is 0 Å². The Bertz CT molecular complexity index is 803. The molecule has 32 heavy (non-hydrogen) atoms. The van der Waals surface area contributed by atoms with Crippen LogP contribution in [0.3, 0.4) is 0 Å². The molecule has 0 spiro atoms. The Morgan fingerprint density at radius 1 is 0.688 bits per heavy atom. The lowest BCUT2D eigenvalue weighted by molar-refractivity contribution is -0.244. The maximum Gasteiger partial charge on any atom is 0.0663 e. The maximum absolute atomic E-state index is 6.73. The van der Waals surface area contributed by atoms with Crippen LogP contribution in [0, 0.1) is 56.2 Å². The molecule has 0 unspecified atom stereocenters. The van der Waals surface area contributed by atoms with Crippen molar-refractivity contribution in [2.45, 2.75) is 125 Å². The van der Waals surface area contributed by atoms with Crippen LogP contribution >= 0.6 is 0 Å². The predicted octanol–water partition coefficient (Wildman–Crippen LogP) is 7.20. The van der Waals surface area contributed by atoms with Crippen molar-refractivity contribution >= 4 is 0 Å². The number of ether oxygens (including phenoxy) is 1. The first kappa shape index (κ1) is 22.4. The van der Waals surface area contributed by atoms with E-state index in [9.17, 15) is 0 Å². The summed E-state index contributed by atoms with van der Waals surface area (Å²) in [6, 6.07) is 0.378. The van der Waals surface area contributed by atoms with Crippen molar-refractivity contribution in [3.8, 4) is 0 Å². The van der Waals surface area contributed by atoms with Crippen molar-refractivity contribution in [3.05, 3.63) is 0 Å². The third-order valence-electron chi connectivity index (χ3n) is 14.2. The van der Waals surface area contributed by atoms with Crippen molar-refractivity contribution < 1.29 is 4.74 Å². The lowest BCUT2D eigenvalue weighted by Gasteiger charge is -2.73. The summed E-state index contributed by atoms with van der Waals surface area (Å²) in [6.07, 6.45) is 14.5. The number of hydrogen-bond donors (Lipinski definition) is 1. The number of rotatable bonds is 0. The first-order chi connectivity index (χ1) is 14.8. The molecule has 1 aliphatic heterocycles. The van der Waals surface area contributed by atoms with E-state index in [-0.39, 0.29) is 5.41 Å². The third-order valence-corrected chi connectivity index (χ3v) is 14.2. The molecule has 0 amide bonds. The highest BCUT2D eigenvalue weighted by atomic mass is 16.5. The van der Waals surface area contributed by atoms with Crippen LogP contribution in [-0.2, 0) is 4.74 Å². The topological polar surface area (TPSA) is 35.2 Å². The van der Waals surface area contributed by atoms with Gasteiger partial charge in [-0.15, -0.1) is 0 Å². The van der Waals surface area contributed by atoms with E-state index in [2.05, 4.69) is 48.5 Å². The lowest BCUT2D eigenvalue weighted by Crippen LogP contribution is -2.68. The van der Waals surface area contributed by atoms with E-state index in [1.54, 1.807) is 0 Å². The summed E-state index contributed by atoms with van der Waals surface area (Å²) in [4.78, 5) is 0. The fourth-order valence-corrected chi connectivity index (χ4v) is 12.0. The molecule has 2 bridgehead atoms. The van der Waals surface area contributed by atoms with Crippen LogP contribution in [0.25, 0.3) is 0 Å². The first-order valence-electron chi connectivity index (χ1n) is 14.2. The molecule has 0 radical (unpaired) electrons. The van der Waals surface area contributed by atoms with Crippen molar-refractivity contribution in [3.63, 3.8) is 0 Å². The largest absolute Gasteiger partial charge is 0.377 e. The minimum atomic E-state index is 0.281. The second-order valence-corrected chi connectivity index (χ2v) is 15.7. The molecule has 6 rings (SSSR count). The van der Waals surface area contributed by atoms with Gasteiger partial charge in [-0.05, 0) is 120 Å². The van der Waals surface area contributed by atoms with Crippen LogP contribution < -0.4 is 5.73 Å². The molecule has 2 nitrogen and oxygen atoms in total. The molecule has 5 saturated carbocycles. The predicted molar refractivity (Wildman–Crippen MR) is 132 cm³/mol. The fraction of sp³-hybridized carbons (Fsp3) is 1.00. The second-order valence-electron chi connectivity index (χ2n) is 15.7.